The number of benzene rings is 1. The van der Waals surface area contributed by atoms with E-state index in [1.165, 1.54) is 5.57 Å². The molecule has 1 aliphatic rings. The monoisotopic (exact) mass is 286 g/mol. The number of Topliss-reactive ketones (excluding diaryl/α,β-unsaturated/α-hetero) is 1. The van der Waals surface area contributed by atoms with Gasteiger partial charge in [-0.15, -0.1) is 0 Å². The summed E-state index contributed by atoms with van der Waals surface area (Å²) in [6, 6.07) is 7.30. The third-order valence-corrected chi connectivity index (χ3v) is 4.04. The van der Waals surface area contributed by atoms with E-state index in [4.69, 9.17) is 0 Å². The van der Waals surface area contributed by atoms with Gasteiger partial charge in [-0.05, 0) is 42.9 Å². The number of carbonyl (C=O) groups excluding carboxylic acids is 1. The standard InChI is InChI=1S/C19H23FO/c1-4-6-16-12-18(19(20)17(16)7-5-2)15-10-8-14(9-11-15)13(3)21/h8-11H,4-7,12H2,1-3H3. The summed E-state index contributed by atoms with van der Waals surface area (Å²) in [5.41, 5.74) is 4.54. The van der Waals surface area contributed by atoms with Crippen molar-refractivity contribution in [2.75, 3.05) is 0 Å². The van der Waals surface area contributed by atoms with E-state index in [0.717, 1.165) is 42.4 Å². The molecule has 1 aliphatic carbocycles. The Balaban J connectivity index is 2.31. The van der Waals surface area contributed by atoms with Crippen LogP contribution in [0.3, 0.4) is 0 Å². The Morgan fingerprint density at radius 2 is 1.71 bits per heavy atom. The first-order valence-electron chi connectivity index (χ1n) is 7.79. The molecule has 0 aliphatic heterocycles. The van der Waals surface area contributed by atoms with Gasteiger partial charge in [0.1, 0.15) is 5.83 Å². The maximum absolute atomic E-state index is 14.7. The van der Waals surface area contributed by atoms with E-state index < -0.39 is 0 Å². The predicted octanol–water partition coefficient (Wildman–Crippen LogP) is 5.87. The Kier molecular flexibility index (Phi) is 5.11. The van der Waals surface area contributed by atoms with Crippen molar-refractivity contribution in [1.82, 2.24) is 0 Å². The van der Waals surface area contributed by atoms with E-state index in [1.54, 1.807) is 19.1 Å². The van der Waals surface area contributed by atoms with Crippen LogP contribution in [-0.2, 0) is 0 Å². The lowest BCUT2D eigenvalue weighted by Gasteiger charge is -2.05. The van der Waals surface area contributed by atoms with Crippen molar-refractivity contribution in [3.05, 3.63) is 52.4 Å². The van der Waals surface area contributed by atoms with Gasteiger partial charge in [-0.2, -0.15) is 0 Å². The maximum atomic E-state index is 14.7. The van der Waals surface area contributed by atoms with Crippen LogP contribution in [-0.4, -0.2) is 5.78 Å². The average molecular weight is 286 g/mol. The van der Waals surface area contributed by atoms with E-state index in [0.29, 0.717) is 12.0 Å². The lowest BCUT2D eigenvalue weighted by atomic mass is 9.99. The van der Waals surface area contributed by atoms with Gasteiger partial charge in [-0.3, -0.25) is 4.79 Å². The Bertz CT molecular complexity index is 590. The Morgan fingerprint density at radius 1 is 1.10 bits per heavy atom. The second-order valence-electron chi connectivity index (χ2n) is 5.68. The highest BCUT2D eigenvalue weighted by atomic mass is 19.1. The zero-order valence-corrected chi connectivity index (χ0v) is 13.1. The van der Waals surface area contributed by atoms with Crippen LogP contribution in [0.1, 0.15) is 68.8 Å². The van der Waals surface area contributed by atoms with Crippen LogP contribution in [0, 0.1) is 0 Å². The van der Waals surface area contributed by atoms with Crippen LogP contribution in [0.25, 0.3) is 5.57 Å². The van der Waals surface area contributed by atoms with Crippen molar-refractivity contribution in [3.8, 4) is 0 Å². The largest absolute Gasteiger partial charge is 0.295 e. The number of allylic oxidation sites excluding steroid dienone is 4. The molecule has 0 atom stereocenters. The third kappa shape index (κ3) is 3.31. The van der Waals surface area contributed by atoms with Crippen molar-refractivity contribution >= 4 is 11.4 Å². The third-order valence-electron chi connectivity index (χ3n) is 4.04. The second-order valence-corrected chi connectivity index (χ2v) is 5.68. The molecule has 0 N–H and O–H groups in total. The molecule has 0 saturated carbocycles. The van der Waals surface area contributed by atoms with Crippen molar-refractivity contribution < 1.29 is 9.18 Å². The van der Waals surface area contributed by atoms with Gasteiger partial charge in [0, 0.05) is 5.56 Å². The van der Waals surface area contributed by atoms with Crippen molar-refractivity contribution in [2.24, 2.45) is 0 Å². The molecule has 21 heavy (non-hydrogen) atoms. The maximum Gasteiger partial charge on any atom is 0.159 e. The topological polar surface area (TPSA) is 17.1 Å². The zero-order chi connectivity index (χ0) is 15.4. The summed E-state index contributed by atoms with van der Waals surface area (Å²) >= 11 is 0. The summed E-state index contributed by atoms with van der Waals surface area (Å²) < 4.78 is 14.7. The van der Waals surface area contributed by atoms with Crippen LogP contribution >= 0.6 is 0 Å². The summed E-state index contributed by atoms with van der Waals surface area (Å²) in [5.74, 6) is 0.00904. The van der Waals surface area contributed by atoms with Crippen LogP contribution in [0.15, 0.2) is 41.2 Å². The van der Waals surface area contributed by atoms with Gasteiger partial charge in [0.15, 0.2) is 5.78 Å². The molecule has 1 aromatic rings. The quantitative estimate of drug-likeness (QED) is 0.598. The van der Waals surface area contributed by atoms with E-state index in [2.05, 4.69) is 13.8 Å². The zero-order valence-electron chi connectivity index (χ0n) is 13.1. The summed E-state index contributed by atoms with van der Waals surface area (Å²) in [4.78, 5) is 11.3. The normalized spacial score (nSPS) is 15.0. The Morgan fingerprint density at radius 3 is 2.24 bits per heavy atom. The molecular formula is C19H23FO. The second kappa shape index (κ2) is 6.84. The van der Waals surface area contributed by atoms with Gasteiger partial charge in [0.2, 0.25) is 0 Å². The van der Waals surface area contributed by atoms with Gasteiger partial charge in [0.05, 0.1) is 0 Å². The van der Waals surface area contributed by atoms with Gasteiger partial charge >= 0.3 is 0 Å². The fourth-order valence-corrected chi connectivity index (χ4v) is 2.95. The fraction of sp³-hybridized carbons (Fsp3) is 0.421. The summed E-state index contributed by atoms with van der Waals surface area (Å²) in [6.45, 7) is 5.77. The minimum atomic E-state index is -0.0316. The van der Waals surface area contributed by atoms with Gasteiger partial charge in [-0.1, -0.05) is 56.5 Å². The summed E-state index contributed by atoms with van der Waals surface area (Å²) in [7, 11) is 0. The van der Waals surface area contributed by atoms with Crippen molar-refractivity contribution in [1.29, 1.82) is 0 Å². The van der Waals surface area contributed by atoms with Crippen LogP contribution in [0.2, 0.25) is 0 Å². The molecule has 0 aromatic heterocycles. The fourth-order valence-electron chi connectivity index (χ4n) is 2.95. The first-order valence-corrected chi connectivity index (χ1v) is 7.79. The number of hydrogen-bond acceptors (Lipinski definition) is 1. The molecule has 2 rings (SSSR count). The first kappa shape index (κ1) is 15.7. The van der Waals surface area contributed by atoms with Gasteiger partial charge < -0.3 is 0 Å². The molecule has 112 valence electrons. The highest BCUT2D eigenvalue weighted by Gasteiger charge is 2.24. The van der Waals surface area contributed by atoms with Crippen molar-refractivity contribution in [2.45, 2.75) is 52.9 Å². The Hall–Kier alpha value is -1.70. The summed E-state index contributed by atoms with van der Waals surface area (Å²) in [6.07, 6.45) is 4.52. The minimum Gasteiger partial charge on any atom is -0.295 e. The molecule has 0 heterocycles. The Labute approximate surface area is 126 Å². The smallest absolute Gasteiger partial charge is 0.159 e. The molecule has 0 amide bonds. The number of ketones is 1. The van der Waals surface area contributed by atoms with E-state index in [9.17, 15) is 9.18 Å². The molecule has 0 fully saturated rings. The van der Waals surface area contributed by atoms with E-state index in [-0.39, 0.29) is 11.6 Å². The SMILES string of the molecule is CCCC1=C(CCC)C(F)=C(c2ccc(C(C)=O)cc2)C1. The lowest BCUT2D eigenvalue weighted by Crippen LogP contribution is -1.92. The van der Waals surface area contributed by atoms with E-state index >= 15 is 0 Å². The van der Waals surface area contributed by atoms with Crippen LogP contribution in [0.5, 0.6) is 0 Å². The van der Waals surface area contributed by atoms with Crippen molar-refractivity contribution in [3.63, 3.8) is 0 Å². The predicted molar refractivity (Wildman–Crippen MR) is 85.9 cm³/mol. The number of halogens is 1. The van der Waals surface area contributed by atoms with E-state index in [1.807, 2.05) is 12.1 Å². The van der Waals surface area contributed by atoms with Crippen LogP contribution < -0.4 is 0 Å². The molecular weight excluding hydrogens is 263 g/mol. The first-order chi connectivity index (χ1) is 10.1. The molecule has 0 bridgehead atoms. The molecule has 1 aromatic carbocycles. The minimum absolute atomic E-state index is 0.0316. The molecule has 0 saturated heterocycles. The average Bonchev–Trinajstić information content (AvgIpc) is 2.77. The van der Waals surface area contributed by atoms with Crippen LogP contribution in [0.4, 0.5) is 4.39 Å². The number of rotatable bonds is 6. The van der Waals surface area contributed by atoms with Gasteiger partial charge in [-0.25, -0.2) is 4.39 Å². The highest BCUT2D eigenvalue weighted by molar-refractivity contribution is 5.94. The highest BCUT2D eigenvalue weighted by Crippen LogP contribution is 2.42. The lowest BCUT2D eigenvalue weighted by molar-refractivity contribution is 0.101. The molecule has 0 spiro atoms. The molecule has 0 radical (unpaired) electrons. The molecule has 0 unspecified atom stereocenters. The molecule has 2 heteroatoms. The summed E-state index contributed by atoms with van der Waals surface area (Å²) in [5, 5.41) is 0. The van der Waals surface area contributed by atoms with Gasteiger partial charge in [0.25, 0.3) is 0 Å². The number of hydrogen-bond donors (Lipinski definition) is 0. The molecule has 1 nitrogen and oxygen atoms in total. The number of carbonyl (C=O) groups is 1.